The molecule has 2 aliphatic rings. The summed E-state index contributed by atoms with van der Waals surface area (Å²) < 4.78 is 84.0. The van der Waals surface area contributed by atoms with Crippen molar-refractivity contribution in [3.05, 3.63) is 75.4 Å². The Labute approximate surface area is 211 Å². The van der Waals surface area contributed by atoms with Crippen molar-refractivity contribution in [2.24, 2.45) is 0 Å². The number of likely N-dealkylation sites (tertiary alicyclic amines) is 1. The van der Waals surface area contributed by atoms with Crippen molar-refractivity contribution < 1.29 is 36.2 Å². The Bertz CT molecular complexity index is 1170. The van der Waals surface area contributed by atoms with Crippen molar-refractivity contribution in [1.82, 2.24) is 9.80 Å². The van der Waals surface area contributed by atoms with Crippen LogP contribution in [-0.4, -0.2) is 65.9 Å². The minimum absolute atomic E-state index is 0.0472. The molecule has 1 N–H and O–H groups in total. The van der Waals surface area contributed by atoms with Gasteiger partial charge in [-0.2, -0.15) is 13.2 Å². The van der Waals surface area contributed by atoms with Crippen LogP contribution in [0.15, 0.2) is 35.9 Å². The summed E-state index contributed by atoms with van der Waals surface area (Å²) in [6.45, 7) is 1.60. The topological polar surface area (TPSA) is 43.8 Å². The average molecular weight is 527 g/mol. The van der Waals surface area contributed by atoms with Crippen LogP contribution in [0.5, 0.6) is 0 Å². The Balaban J connectivity index is 1.73. The number of carbonyl (C=O) groups is 1. The molecule has 2 atom stereocenters. The summed E-state index contributed by atoms with van der Waals surface area (Å²) >= 11 is 0. The number of alkyl halides is 4. The molecule has 2 aromatic rings. The number of rotatable bonds is 7. The Hall–Kier alpha value is -2.85. The first-order valence-corrected chi connectivity index (χ1v) is 12.1. The summed E-state index contributed by atoms with van der Waals surface area (Å²) in [6.07, 6.45) is -1.76. The highest BCUT2D eigenvalue weighted by Gasteiger charge is 2.42. The molecular weight excluding hydrogens is 498 g/mol. The van der Waals surface area contributed by atoms with Gasteiger partial charge in [-0.1, -0.05) is 17.7 Å². The highest BCUT2D eigenvalue weighted by atomic mass is 19.4. The molecule has 1 saturated heterocycles. The molecule has 0 amide bonds. The second kappa shape index (κ2) is 10.9. The highest BCUT2D eigenvalue weighted by Crippen LogP contribution is 2.42. The lowest BCUT2D eigenvalue weighted by Gasteiger charge is -2.42. The molecule has 0 radical (unpaired) electrons. The maximum Gasteiger partial charge on any atom is 0.401 e. The predicted octanol–water partition coefficient (Wildman–Crippen LogP) is 6.01. The van der Waals surface area contributed by atoms with Crippen molar-refractivity contribution >= 4 is 12.0 Å². The molecule has 37 heavy (non-hydrogen) atoms. The van der Waals surface area contributed by atoms with E-state index < -0.39 is 54.6 Å². The first kappa shape index (κ1) is 27.2. The van der Waals surface area contributed by atoms with E-state index in [2.05, 4.69) is 0 Å². The quantitative estimate of drug-likeness (QED) is 0.449. The lowest BCUT2D eigenvalue weighted by atomic mass is 9.83. The Morgan fingerprint density at radius 3 is 2.49 bits per heavy atom. The van der Waals surface area contributed by atoms with Gasteiger partial charge in [-0.25, -0.2) is 13.6 Å². The van der Waals surface area contributed by atoms with E-state index in [1.165, 1.54) is 25.1 Å². The molecule has 0 aliphatic carbocycles. The van der Waals surface area contributed by atoms with Gasteiger partial charge in [0.1, 0.15) is 11.6 Å². The third-order valence-electron chi connectivity index (χ3n) is 6.99. The largest absolute Gasteiger partial charge is 0.478 e. The first-order chi connectivity index (χ1) is 17.5. The van der Waals surface area contributed by atoms with Crippen molar-refractivity contribution in [1.29, 1.82) is 0 Å². The van der Waals surface area contributed by atoms with E-state index >= 15 is 8.78 Å². The molecule has 0 unspecified atom stereocenters. The monoisotopic (exact) mass is 526 g/mol. The van der Waals surface area contributed by atoms with E-state index in [1.807, 2.05) is 4.90 Å². The van der Waals surface area contributed by atoms with E-state index in [9.17, 15) is 27.5 Å². The van der Waals surface area contributed by atoms with Crippen molar-refractivity contribution in [2.75, 3.05) is 32.9 Å². The summed E-state index contributed by atoms with van der Waals surface area (Å²) in [6, 6.07) is 4.04. The van der Waals surface area contributed by atoms with Gasteiger partial charge in [0.2, 0.25) is 0 Å². The van der Waals surface area contributed by atoms with Crippen LogP contribution in [0.3, 0.4) is 0 Å². The van der Waals surface area contributed by atoms with E-state index in [0.29, 0.717) is 31.5 Å². The van der Waals surface area contributed by atoms with E-state index in [4.69, 9.17) is 0 Å². The minimum Gasteiger partial charge on any atom is -0.478 e. The second-order valence-corrected chi connectivity index (χ2v) is 9.73. The minimum atomic E-state index is -4.61. The fourth-order valence-corrected chi connectivity index (χ4v) is 5.35. The third-order valence-corrected chi connectivity index (χ3v) is 6.99. The number of benzene rings is 2. The molecule has 2 heterocycles. The molecule has 10 heteroatoms. The maximum absolute atomic E-state index is 15.5. The van der Waals surface area contributed by atoms with Crippen LogP contribution in [0, 0.1) is 11.6 Å². The molecule has 0 saturated carbocycles. The zero-order valence-electron chi connectivity index (χ0n) is 20.3. The van der Waals surface area contributed by atoms with Crippen molar-refractivity contribution in [2.45, 2.75) is 44.4 Å². The predicted molar refractivity (Wildman–Crippen MR) is 127 cm³/mol. The summed E-state index contributed by atoms with van der Waals surface area (Å²) in [5.41, 5.74) is 1.33. The van der Waals surface area contributed by atoms with Crippen LogP contribution < -0.4 is 0 Å². The van der Waals surface area contributed by atoms with Crippen LogP contribution in [0.4, 0.5) is 26.3 Å². The molecule has 0 spiro atoms. The summed E-state index contributed by atoms with van der Waals surface area (Å²) in [5, 5.41) is 9.33. The van der Waals surface area contributed by atoms with Crippen LogP contribution in [0.2, 0.25) is 0 Å². The molecule has 2 aliphatic heterocycles. The number of hydrogen-bond donors (Lipinski definition) is 1. The zero-order chi connectivity index (χ0) is 26.9. The SMILES string of the molecule is C[C@@H]1Cc2cc(C(=O)O)ccc2[C@@H](c2c(F)cc(C=C3CCN(CCCF)C3)cc2F)N1CC(F)(F)F. The standard InChI is InChI=1S/C27H28F6N2O2/c1-16-9-20-13-19(26(36)37)3-4-21(20)25(35(16)15-27(31,32)33)24-22(29)11-18(12-23(24)30)10-17-5-8-34(14-17)7-2-6-28/h3-4,10-13,16,25H,2,5-9,14-15H2,1H3,(H,36,37)/t16-,25+/m1/s1. The number of halogens is 6. The summed E-state index contributed by atoms with van der Waals surface area (Å²) in [7, 11) is 0. The molecular formula is C27H28F6N2O2. The van der Waals surface area contributed by atoms with Gasteiger partial charge in [0, 0.05) is 31.2 Å². The third kappa shape index (κ3) is 6.18. The van der Waals surface area contributed by atoms with E-state index in [1.54, 1.807) is 6.08 Å². The lowest BCUT2D eigenvalue weighted by Crippen LogP contribution is -2.47. The Morgan fingerprint density at radius 1 is 1.16 bits per heavy atom. The normalized spacial score (nSPS) is 22.0. The lowest BCUT2D eigenvalue weighted by molar-refractivity contribution is -0.155. The molecule has 1 fully saturated rings. The Kier molecular flexibility index (Phi) is 7.99. The zero-order valence-corrected chi connectivity index (χ0v) is 20.3. The Morgan fingerprint density at radius 2 is 1.86 bits per heavy atom. The van der Waals surface area contributed by atoms with Gasteiger partial charge in [-0.3, -0.25) is 14.2 Å². The number of hydrogen-bond acceptors (Lipinski definition) is 3. The van der Waals surface area contributed by atoms with Crippen molar-refractivity contribution in [3.8, 4) is 0 Å². The fraction of sp³-hybridized carbons (Fsp3) is 0.444. The maximum atomic E-state index is 15.5. The van der Waals surface area contributed by atoms with Gasteiger partial charge in [-0.05, 0) is 67.1 Å². The van der Waals surface area contributed by atoms with Gasteiger partial charge >= 0.3 is 12.1 Å². The number of fused-ring (bicyclic) bond motifs is 1. The van der Waals surface area contributed by atoms with Gasteiger partial charge in [0.05, 0.1) is 24.8 Å². The number of carboxylic acids is 1. The average Bonchev–Trinajstić information content (AvgIpc) is 3.25. The summed E-state index contributed by atoms with van der Waals surface area (Å²) in [4.78, 5) is 14.5. The van der Waals surface area contributed by atoms with Crippen LogP contribution in [0.1, 0.15) is 58.4 Å². The van der Waals surface area contributed by atoms with Gasteiger partial charge in [0.25, 0.3) is 0 Å². The van der Waals surface area contributed by atoms with Gasteiger partial charge in [0.15, 0.2) is 0 Å². The number of aromatic carboxylic acids is 1. The highest BCUT2D eigenvalue weighted by molar-refractivity contribution is 5.88. The van der Waals surface area contributed by atoms with E-state index in [0.717, 1.165) is 29.2 Å². The number of nitrogens with zero attached hydrogens (tertiary/aromatic N) is 2. The van der Waals surface area contributed by atoms with Crippen molar-refractivity contribution in [3.63, 3.8) is 0 Å². The molecule has 2 aromatic carbocycles. The smallest absolute Gasteiger partial charge is 0.401 e. The van der Waals surface area contributed by atoms with Crippen LogP contribution >= 0.6 is 0 Å². The van der Waals surface area contributed by atoms with Crippen LogP contribution in [0.25, 0.3) is 6.08 Å². The molecule has 4 nitrogen and oxygen atoms in total. The molecule has 0 aromatic heterocycles. The molecule has 4 rings (SSSR count). The van der Waals surface area contributed by atoms with Gasteiger partial charge < -0.3 is 5.11 Å². The fourth-order valence-electron chi connectivity index (χ4n) is 5.35. The van der Waals surface area contributed by atoms with E-state index in [-0.39, 0.29) is 23.1 Å². The number of carboxylic acid groups (broad SMARTS) is 1. The first-order valence-electron chi connectivity index (χ1n) is 12.1. The van der Waals surface area contributed by atoms with Gasteiger partial charge in [-0.15, -0.1) is 0 Å². The second-order valence-electron chi connectivity index (χ2n) is 9.73. The molecule has 200 valence electrons. The molecule has 0 bridgehead atoms. The van der Waals surface area contributed by atoms with Crippen LogP contribution in [-0.2, 0) is 6.42 Å². The summed E-state index contributed by atoms with van der Waals surface area (Å²) in [5.74, 6) is -3.15.